The fraction of sp³-hybridized carbons (Fsp3) is 0.929. The maximum atomic E-state index is 5.92. The van der Waals surface area contributed by atoms with Gasteiger partial charge in [0.05, 0.1) is 0 Å². The lowest BCUT2D eigenvalue weighted by atomic mass is 9.96. The van der Waals surface area contributed by atoms with Gasteiger partial charge in [0.1, 0.15) is 0 Å². The number of nitrogens with two attached hydrogens (primary N) is 1. The van der Waals surface area contributed by atoms with Crippen LogP contribution in [0.1, 0.15) is 51.4 Å². The Morgan fingerprint density at radius 2 is 1.79 bits per heavy atom. The molecule has 1 aliphatic carbocycles. The summed E-state index contributed by atoms with van der Waals surface area (Å²) in [6, 6.07) is 0.570. The minimum atomic E-state index is 0. The van der Waals surface area contributed by atoms with Gasteiger partial charge in [0.15, 0.2) is 5.96 Å². The first-order valence-electron chi connectivity index (χ1n) is 7.63. The van der Waals surface area contributed by atoms with Crippen molar-refractivity contribution in [2.75, 3.05) is 26.2 Å². The molecule has 0 amide bonds. The van der Waals surface area contributed by atoms with Crippen molar-refractivity contribution in [1.82, 2.24) is 10.2 Å². The Balaban J connectivity index is 0.00000180. The van der Waals surface area contributed by atoms with Gasteiger partial charge in [-0.15, -0.1) is 24.0 Å². The van der Waals surface area contributed by atoms with Crippen LogP contribution in [0.15, 0.2) is 4.99 Å². The van der Waals surface area contributed by atoms with Gasteiger partial charge in [-0.1, -0.05) is 19.3 Å². The first kappa shape index (κ1) is 17.0. The van der Waals surface area contributed by atoms with Gasteiger partial charge in [0.2, 0.25) is 0 Å². The van der Waals surface area contributed by atoms with Gasteiger partial charge >= 0.3 is 0 Å². The molecule has 2 rings (SSSR count). The third-order valence-corrected chi connectivity index (χ3v) is 4.07. The third kappa shape index (κ3) is 6.79. The molecule has 0 aromatic rings. The van der Waals surface area contributed by atoms with Gasteiger partial charge < -0.3 is 16.0 Å². The number of hydrogen-bond acceptors (Lipinski definition) is 2. The van der Waals surface area contributed by atoms with Crippen LogP contribution in [0.3, 0.4) is 0 Å². The summed E-state index contributed by atoms with van der Waals surface area (Å²) < 4.78 is 0. The van der Waals surface area contributed by atoms with Gasteiger partial charge in [-0.2, -0.15) is 0 Å². The molecule has 0 bridgehead atoms. The maximum Gasteiger partial charge on any atom is 0.188 e. The van der Waals surface area contributed by atoms with Gasteiger partial charge in [-0.25, -0.2) is 0 Å². The molecule has 0 spiro atoms. The number of nitrogens with one attached hydrogen (secondary N) is 1. The molecule has 4 nitrogen and oxygen atoms in total. The molecule has 2 fully saturated rings. The van der Waals surface area contributed by atoms with Crippen molar-refractivity contribution in [3.05, 3.63) is 0 Å². The predicted molar refractivity (Wildman–Crippen MR) is 92.2 cm³/mol. The standard InChI is InChI=1S/C14H28N4.HI/c15-14(17-13-7-2-1-3-8-13)16-9-6-12-18-10-4-5-11-18;/h13H,1-12H2,(H3,15,16,17);1H. The van der Waals surface area contributed by atoms with E-state index in [0.29, 0.717) is 12.0 Å². The Hall–Kier alpha value is -0.0400. The summed E-state index contributed by atoms with van der Waals surface area (Å²) in [5, 5.41) is 3.36. The van der Waals surface area contributed by atoms with E-state index in [-0.39, 0.29) is 24.0 Å². The zero-order chi connectivity index (χ0) is 12.6. The molecule has 1 saturated heterocycles. The molecule has 19 heavy (non-hydrogen) atoms. The van der Waals surface area contributed by atoms with E-state index in [1.165, 1.54) is 64.6 Å². The third-order valence-electron chi connectivity index (χ3n) is 4.07. The molecule has 0 radical (unpaired) electrons. The van der Waals surface area contributed by atoms with Crippen molar-refractivity contribution in [3.8, 4) is 0 Å². The number of halogens is 1. The molecule has 1 aliphatic heterocycles. The first-order valence-corrected chi connectivity index (χ1v) is 7.63. The second kappa shape index (κ2) is 9.80. The molecule has 1 heterocycles. The second-order valence-electron chi connectivity index (χ2n) is 5.65. The van der Waals surface area contributed by atoms with Gasteiger partial charge in [0.25, 0.3) is 0 Å². The summed E-state index contributed by atoms with van der Waals surface area (Å²) in [4.78, 5) is 6.96. The summed E-state index contributed by atoms with van der Waals surface area (Å²) in [6.45, 7) is 4.60. The van der Waals surface area contributed by atoms with Gasteiger partial charge in [-0.3, -0.25) is 4.99 Å². The van der Waals surface area contributed by atoms with E-state index in [2.05, 4.69) is 15.2 Å². The van der Waals surface area contributed by atoms with Crippen LogP contribution >= 0.6 is 24.0 Å². The summed E-state index contributed by atoms with van der Waals surface area (Å²) in [6.07, 6.45) is 10.4. The highest BCUT2D eigenvalue weighted by molar-refractivity contribution is 14.0. The smallest absolute Gasteiger partial charge is 0.188 e. The molecule has 3 N–H and O–H groups in total. The Morgan fingerprint density at radius 1 is 1.11 bits per heavy atom. The van der Waals surface area contributed by atoms with Crippen molar-refractivity contribution in [2.45, 2.75) is 57.4 Å². The second-order valence-corrected chi connectivity index (χ2v) is 5.65. The Morgan fingerprint density at radius 3 is 2.47 bits per heavy atom. The summed E-state index contributed by atoms with van der Waals surface area (Å²) in [5.41, 5.74) is 5.92. The summed E-state index contributed by atoms with van der Waals surface area (Å²) in [7, 11) is 0. The van der Waals surface area contributed by atoms with Crippen molar-refractivity contribution >= 4 is 29.9 Å². The van der Waals surface area contributed by atoms with Gasteiger partial charge in [0, 0.05) is 12.6 Å². The van der Waals surface area contributed by atoms with Crippen LogP contribution in [0.4, 0.5) is 0 Å². The molecular weight excluding hydrogens is 351 g/mol. The largest absolute Gasteiger partial charge is 0.370 e. The molecule has 0 unspecified atom stereocenters. The van der Waals surface area contributed by atoms with Gasteiger partial charge in [-0.05, 0) is 51.7 Å². The van der Waals surface area contributed by atoms with Crippen LogP contribution in [-0.4, -0.2) is 43.1 Å². The number of rotatable bonds is 5. The number of hydrogen-bond donors (Lipinski definition) is 2. The van der Waals surface area contributed by atoms with Crippen molar-refractivity contribution in [1.29, 1.82) is 0 Å². The number of likely N-dealkylation sites (tertiary alicyclic amines) is 1. The molecule has 0 aromatic heterocycles. The highest BCUT2D eigenvalue weighted by Crippen LogP contribution is 2.17. The molecule has 2 aliphatic rings. The van der Waals surface area contributed by atoms with E-state index in [1.807, 2.05) is 0 Å². The average Bonchev–Trinajstić information content (AvgIpc) is 2.89. The molecule has 1 saturated carbocycles. The topological polar surface area (TPSA) is 53.6 Å². The Kier molecular flexibility index (Phi) is 8.77. The highest BCUT2D eigenvalue weighted by atomic mass is 127. The summed E-state index contributed by atoms with van der Waals surface area (Å²) >= 11 is 0. The maximum absolute atomic E-state index is 5.92. The van der Waals surface area contributed by atoms with E-state index >= 15 is 0 Å². The molecular formula is C14H29IN4. The van der Waals surface area contributed by atoms with E-state index < -0.39 is 0 Å². The van der Waals surface area contributed by atoms with Crippen LogP contribution in [0, 0.1) is 0 Å². The zero-order valence-electron chi connectivity index (χ0n) is 11.9. The highest BCUT2D eigenvalue weighted by Gasteiger charge is 2.13. The van der Waals surface area contributed by atoms with E-state index in [9.17, 15) is 0 Å². The van der Waals surface area contributed by atoms with Crippen LogP contribution in [0.5, 0.6) is 0 Å². The van der Waals surface area contributed by atoms with Crippen LogP contribution < -0.4 is 11.1 Å². The quantitative estimate of drug-likeness (QED) is 0.333. The number of guanidine groups is 1. The zero-order valence-corrected chi connectivity index (χ0v) is 14.3. The minimum Gasteiger partial charge on any atom is -0.370 e. The lowest BCUT2D eigenvalue weighted by molar-refractivity contribution is 0.336. The number of nitrogens with zero attached hydrogens (tertiary/aromatic N) is 2. The van der Waals surface area contributed by atoms with Crippen molar-refractivity contribution in [3.63, 3.8) is 0 Å². The monoisotopic (exact) mass is 380 g/mol. The van der Waals surface area contributed by atoms with E-state index in [1.54, 1.807) is 0 Å². The first-order chi connectivity index (χ1) is 8.84. The SMILES string of the molecule is I.NC(=NCCCN1CCCC1)NC1CCCCC1. The van der Waals surface area contributed by atoms with Crippen LogP contribution in [0.2, 0.25) is 0 Å². The number of aliphatic imine (C=N–C) groups is 1. The fourth-order valence-corrected chi connectivity index (χ4v) is 3.00. The predicted octanol–water partition coefficient (Wildman–Crippen LogP) is 2.33. The van der Waals surface area contributed by atoms with Crippen molar-refractivity contribution in [2.24, 2.45) is 10.7 Å². The average molecular weight is 380 g/mol. The fourth-order valence-electron chi connectivity index (χ4n) is 3.00. The normalized spacial score (nSPS) is 22.2. The van der Waals surface area contributed by atoms with Crippen molar-refractivity contribution < 1.29 is 0 Å². The van der Waals surface area contributed by atoms with Crippen LogP contribution in [-0.2, 0) is 0 Å². The lowest BCUT2D eigenvalue weighted by Crippen LogP contribution is -2.41. The van der Waals surface area contributed by atoms with E-state index in [4.69, 9.17) is 5.73 Å². The molecule has 0 aromatic carbocycles. The molecule has 112 valence electrons. The molecule has 0 atom stereocenters. The minimum absolute atomic E-state index is 0. The Bertz CT molecular complexity index is 258. The summed E-state index contributed by atoms with van der Waals surface area (Å²) in [5.74, 6) is 0.656. The lowest BCUT2D eigenvalue weighted by Gasteiger charge is -2.23. The van der Waals surface area contributed by atoms with E-state index in [0.717, 1.165) is 13.0 Å². The molecule has 5 heteroatoms. The van der Waals surface area contributed by atoms with Crippen LogP contribution in [0.25, 0.3) is 0 Å². The Labute approximate surface area is 134 Å².